The molecule has 0 aliphatic rings. The molecule has 1 aromatic heterocycles. The fourth-order valence-electron chi connectivity index (χ4n) is 1.99. The second-order valence-corrected chi connectivity index (χ2v) is 4.36. The van der Waals surface area contributed by atoms with Crippen LogP contribution in [0.4, 0.5) is 5.95 Å². The highest BCUT2D eigenvalue weighted by molar-refractivity contribution is 5.78. The Morgan fingerprint density at radius 3 is 2.76 bits per heavy atom. The Morgan fingerprint density at radius 2 is 2.00 bits per heavy atom. The van der Waals surface area contributed by atoms with Gasteiger partial charge in [-0.2, -0.15) is 0 Å². The molecule has 0 aliphatic carbocycles. The molecule has 1 aromatic carbocycles. The van der Waals surface area contributed by atoms with Gasteiger partial charge in [0.25, 0.3) is 0 Å². The van der Waals surface area contributed by atoms with Gasteiger partial charge in [-0.1, -0.05) is 32.4 Å². The monoisotopic (exact) mass is 231 g/mol. The van der Waals surface area contributed by atoms with Crippen LogP contribution < -0.4 is 5.32 Å². The van der Waals surface area contributed by atoms with Crippen LogP contribution >= 0.6 is 0 Å². The van der Waals surface area contributed by atoms with Gasteiger partial charge in [0, 0.05) is 13.1 Å². The van der Waals surface area contributed by atoms with Crippen LogP contribution in [0.15, 0.2) is 24.3 Å². The number of fused-ring (bicyclic) bond motifs is 1. The highest BCUT2D eigenvalue weighted by atomic mass is 15.2. The van der Waals surface area contributed by atoms with Crippen molar-refractivity contribution < 1.29 is 0 Å². The topological polar surface area (TPSA) is 29.9 Å². The van der Waals surface area contributed by atoms with Gasteiger partial charge in [0.2, 0.25) is 5.95 Å². The van der Waals surface area contributed by atoms with Crippen molar-refractivity contribution in [2.24, 2.45) is 0 Å². The summed E-state index contributed by atoms with van der Waals surface area (Å²) in [7, 11) is 0. The summed E-state index contributed by atoms with van der Waals surface area (Å²) in [4.78, 5) is 4.65. The Balaban J connectivity index is 2.34. The molecule has 0 saturated heterocycles. The molecule has 92 valence electrons. The fraction of sp³-hybridized carbons (Fsp3) is 0.500. The van der Waals surface area contributed by atoms with Gasteiger partial charge in [0.1, 0.15) is 0 Å². The molecule has 3 nitrogen and oxygen atoms in total. The average molecular weight is 231 g/mol. The van der Waals surface area contributed by atoms with Crippen LogP contribution in [0.3, 0.4) is 0 Å². The second-order valence-electron chi connectivity index (χ2n) is 4.36. The Labute approximate surface area is 103 Å². The number of nitrogens with one attached hydrogen (secondary N) is 1. The van der Waals surface area contributed by atoms with E-state index in [0.29, 0.717) is 0 Å². The minimum absolute atomic E-state index is 0.982. The maximum atomic E-state index is 4.65. The molecule has 1 N–H and O–H groups in total. The number of aromatic nitrogens is 2. The van der Waals surface area contributed by atoms with E-state index < -0.39 is 0 Å². The predicted molar refractivity (Wildman–Crippen MR) is 73.4 cm³/mol. The highest BCUT2D eigenvalue weighted by Crippen LogP contribution is 2.20. The Bertz CT molecular complexity index is 473. The first-order valence-electron chi connectivity index (χ1n) is 6.56. The molecule has 0 unspecified atom stereocenters. The number of anilines is 1. The molecule has 0 saturated carbocycles. The lowest BCUT2D eigenvalue weighted by molar-refractivity contribution is 0.648. The number of hydrogen-bond acceptors (Lipinski definition) is 2. The number of rotatable bonds is 6. The number of aryl methyl sites for hydroxylation is 1. The van der Waals surface area contributed by atoms with Gasteiger partial charge in [0.15, 0.2) is 0 Å². The molecule has 0 fully saturated rings. The van der Waals surface area contributed by atoms with Crippen LogP contribution in [0.25, 0.3) is 11.0 Å². The number of nitrogens with zero attached hydrogens (tertiary/aromatic N) is 2. The third kappa shape index (κ3) is 2.60. The number of para-hydroxylation sites is 2. The summed E-state index contributed by atoms with van der Waals surface area (Å²) in [5.41, 5.74) is 2.32. The molecule has 0 atom stereocenters. The third-order valence-corrected chi connectivity index (χ3v) is 2.92. The van der Waals surface area contributed by atoms with Gasteiger partial charge in [-0.15, -0.1) is 0 Å². The average Bonchev–Trinajstić information content (AvgIpc) is 2.71. The van der Waals surface area contributed by atoms with E-state index in [9.17, 15) is 0 Å². The number of unbranched alkanes of at least 4 members (excludes halogenated alkanes) is 1. The minimum atomic E-state index is 0.982. The zero-order chi connectivity index (χ0) is 12.1. The lowest BCUT2D eigenvalue weighted by Crippen LogP contribution is -2.08. The summed E-state index contributed by atoms with van der Waals surface area (Å²) in [6, 6.07) is 8.35. The van der Waals surface area contributed by atoms with Crippen LogP contribution in [-0.4, -0.2) is 16.1 Å². The molecule has 3 heteroatoms. The van der Waals surface area contributed by atoms with E-state index in [-0.39, 0.29) is 0 Å². The maximum absolute atomic E-state index is 4.65. The SMILES string of the molecule is CCCCn1c(NCCC)nc2ccccc21. The number of imidazole rings is 1. The minimum Gasteiger partial charge on any atom is -0.356 e. The highest BCUT2D eigenvalue weighted by Gasteiger charge is 2.08. The lowest BCUT2D eigenvalue weighted by Gasteiger charge is -2.09. The zero-order valence-corrected chi connectivity index (χ0v) is 10.7. The van der Waals surface area contributed by atoms with E-state index in [4.69, 9.17) is 0 Å². The first kappa shape index (κ1) is 12.0. The molecule has 1 heterocycles. The van der Waals surface area contributed by atoms with E-state index in [2.05, 4.69) is 46.9 Å². The summed E-state index contributed by atoms with van der Waals surface area (Å²) in [6.45, 7) is 6.42. The van der Waals surface area contributed by atoms with Crippen LogP contribution in [0.2, 0.25) is 0 Å². The van der Waals surface area contributed by atoms with Crippen molar-refractivity contribution in [3.63, 3.8) is 0 Å². The van der Waals surface area contributed by atoms with E-state index >= 15 is 0 Å². The van der Waals surface area contributed by atoms with Crippen molar-refractivity contribution in [2.45, 2.75) is 39.7 Å². The predicted octanol–water partition coefficient (Wildman–Crippen LogP) is 3.66. The summed E-state index contributed by atoms with van der Waals surface area (Å²) in [5.74, 6) is 1.02. The van der Waals surface area contributed by atoms with E-state index in [0.717, 1.165) is 31.0 Å². The molecular formula is C14H21N3. The molecule has 0 bridgehead atoms. The largest absolute Gasteiger partial charge is 0.356 e. The van der Waals surface area contributed by atoms with Gasteiger partial charge in [0.05, 0.1) is 11.0 Å². The van der Waals surface area contributed by atoms with Crippen molar-refractivity contribution in [1.29, 1.82) is 0 Å². The summed E-state index contributed by atoms with van der Waals surface area (Å²) in [6.07, 6.45) is 3.53. The van der Waals surface area contributed by atoms with Crippen LogP contribution in [-0.2, 0) is 6.54 Å². The fourth-order valence-corrected chi connectivity index (χ4v) is 1.99. The molecule has 0 aliphatic heterocycles. The first-order chi connectivity index (χ1) is 8.36. The molecule has 2 rings (SSSR count). The molecule has 0 radical (unpaired) electrons. The Hall–Kier alpha value is -1.51. The van der Waals surface area contributed by atoms with Crippen molar-refractivity contribution in [3.05, 3.63) is 24.3 Å². The van der Waals surface area contributed by atoms with Gasteiger partial charge >= 0.3 is 0 Å². The third-order valence-electron chi connectivity index (χ3n) is 2.92. The van der Waals surface area contributed by atoms with Crippen molar-refractivity contribution in [2.75, 3.05) is 11.9 Å². The van der Waals surface area contributed by atoms with Crippen LogP contribution in [0, 0.1) is 0 Å². The van der Waals surface area contributed by atoms with Gasteiger partial charge in [-0.3, -0.25) is 0 Å². The lowest BCUT2D eigenvalue weighted by atomic mass is 10.3. The smallest absolute Gasteiger partial charge is 0.203 e. The Kier molecular flexibility index (Phi) is 4.02. The van der Waals surface area contributed by atoms with Gasteiger partial charge in [-0.05, 0) is 25.0 Å². The van der Waals surface area contributed by atoms with Crippen molar-refractivity contribution in [3.8, 4) is 0 Å². The standard InChI is InChI=1S/C14H21N3/c1-3-5-11-17-13-9-7-6-8-12(13)16-14(17)15-10-4-2/h6-9H,3-5,10-11H2,1-2H3,(H,15,16). The molecule has 0 amide bonds. The Morgan fingerprint density at radius 1 is 1.18 bits per heavy atom. The molecule has 17 heavy (non-hydrogen) atoms. The summed E-state index contributed by atoms with van der Waals surface area (Å²) in [5, 5.41) is 3.41. The van der Waals surface area contributed by atoms with E-state index in [1.54, 1.807) is 0 Å². The quantitative estimate of drug-likeness (QED) is 0.822. The van der Waals surface area contributed by atoms with Crippen molar-refractivity contribution in [1.82, 2.24) is 9.55 Å². The van der Waals surface area contributed by atoms with E-state index in [1.165, 1.54) is 18.4 Å². The normalized spacial score (nSPS) is 10.9. The summed E-state index contributed by atoms with van der Waals surface area (Å²) >= 11 is 0. The van der Waals surface area contributed by atoms with Gasteiger partial charge < -0.3 is 9.88 Å². The van der Waals surface area contributed by atoms with Crippen LogP contribution in [0.5, 0.6) is 0 Å². The zero-order valence-electron chi connectivity index (χ0n) is 10.7. The number of hydrogen-bond donors (Lipinski definition) is 1. The van der Waals surface area contributed by atoms with Crippen LogP contribution in [0.1, 0.15) is 33.1 Å². The maximum Gasteiger partial charge on any atom is 0.203 e. The number of benzene rings is 1. The van der Waals surface area contributed by atoms with Gasteiger partial charge in [-0.25, -0.2) is 4.98 Å². The molecule has 0 spiro atoms. The second kappa shape index (κ2) is 5.71. The molecular weight excluding hydrogens is 210 g/mol. The van der Waals surface area contributed by atoms with Crippen molar-refractivity contribution >= 4 is 17.0 Å². The first-order valence-corrected chi connectivity index (χ1v) is 6.56. The summed E-state index contributed by atoms with van der Waals surface area (Å²) < 4.78 is 2.30. The van der Waals surface area contributed by atoms with E-state index in [1.807, 2.05) is 6.07 Å². The molecule has 2 aromatic rings.